The lowest BCUT2D eigenvalue weighted by Crippen LogP contribution is -2.32. The molecule has 0 atom stereocenters. The number of carboxylic acid groups (broad SMARTS) is 1. The minimum atomic E-state index is -0.856. The molecule has 0 aliphatic carbocycles. The minimum absolute atomic E-state index is 0.0608. The quantitative estimate of drug-likeness (QED) is 0.653. The number of ether oxygens (including phenoxy) is 1. The van der Waals surface area contributed by atoms with Crippen LogP contribution in [0.15, 0.2) is 12.7 Å². The molecule has 0 aliphatic rings. The number of rotatable bonds is 7. The summed E-state index contributed by atoms with van der Waals surface area (Å²) in [6.07, 6.45) is 1.56. The van der Waals surface area contributed by atoms with E-state index in [4.69, 9.17) is 9.84 Å². The Hall–Kier alpha value is -1.52. The largest absolute Gasteiger partial charge is 0.481 e. The highest BCUT2D eigenvalue weighted by molar-refractivity contribution is 5.68. The Balaban J connectivity index is 3.84. The molecule has 0 saturated heterocycles. The summed E-state index contributed by atoms with van der Waals surface area (Å²) in [6, 6.07) is 0. The van der Waals surface area contributed by atoms with E-state index in [0.29, 0.717) is 19.5 Å². The van der Waals surface area contributed by atoms with Crippen LogP contribution in [0.5, 0.6) is 0 Å². The van der Waals surface area contributed by atoms with Gasteiger partial charge < -0.3 is 14.7 Å². The number of hydrogen-bond donors (Lipinski definition) is 1. The average molecular weight is 215 g/mol. The van der Waals surface area contributed by atoms with Crippen LogP contribution < -0.4 is 0 Å². The van der Waals surface area contributed by atoms with Gasteiger partial charge >= 0.3 is 12.1 Å². The van der Waals surface area contributed by atoms with Crippen molar-refractivity contribution in [2.24, 2.45) is 0 Å². The Labute approximate surface area is 89.3 Å². The standard InChI is InChI=1S/C10H17NO4/c1-3-8-15-10(14)11(4-2)7-5-6-9(12)13/h3H,1,4-8H2,2H3,(H,12,13). The van der Waals surface area contributed by atoms with Gasteiger partial charge in [-0.05, 0) is 13.3 Å². The molecule has 5 heteroatoms. The monoisotopic (exact) mass is 215 g/mol. The molecule has 0 aromatic heterocycles. The first-order valence-corrected chi connectivity index (χ1v) is 4.86. The highest BCUT2D eigenvalue weighted by Gasteiger charge is 2.12. The van der Waals surface area contributed by atoms with Gasteiger partial charge in [-0.15, -0.1) is 0 Å². The number of carboxylic acids is 1. The van der Waals surface area contributed by atoms with E-state index in [1.807, 2.05) is 6.92 Å². The first-order valence-electron chi connectivity index (χ1n) is 4.86. The van der Waals surface area contributed by atoms with Gasteiger partial charge in [0, 0.05) is 19.5 Å². The van der Waals surface area contributed by atoms with E-state index < -0.39 is 12.1 Å². The molecule has 1 amide bonds. The van der Waals surface area contributed by atoms with Crippen molar-refractivity contribution in [3.63, 3.8) is 0 Å². The molecule has 0 spiro atoms. The fourth-order valence-electron chi connectivity index (χ4n) is 1.02. The lowest BCUT2D eigenvalue weighted by molar-refractivity contribution is -0.137. The van der Waals surface area contributed by atoms with E-state index in [1.165, 1.54) is 11.0 Å². The second-order valence-corrected chi connectivity index (χ2v) is 2.94. The molecule has 0 heterocycles. The SMILES string of the molecule is C=CCOC(=O)N(CC)CCCC(=O)O. The van der Waals surface area contributed by atoms with Gasteiger partial charge in [0.25, 0.3) is 0 Å². The minimum Gasteiger partial charge on any atom is -0.481 e. The van der Waals surface area contributed by atoms with Crippen LogP contribution in [0.25, 0.3) is 0 Å². The molecular formula is C10H17NO4. The summed E-state index contributed by atoms with van der Waals surface area (Å²) < 4.78 is 4.82. The Morgan fingerprint density at radius 1 is 1.53 bits per heavy atom. The highest BCUT2D eigenvalue weighted by atomic mass is 16.6. The lowest BCUT2D eigenvalue weighted by atomic mass is 10.3. The van der Waals surface area contributed by atoms with Crippen LogP contribution in [-0.4, -0.2) is 41.8 Å². The Morgan fingerprint density at radius 2 is 2.20 bits per heavy atom. The second kappa shape index (κ2) is 7.84. The third-order valence-corrected chi connectivity index (χ3v) is 1.78. The van der Waals surface area contributed by atoms with E-state index in [1.54, 1.807) is 0 Å². The van der Waals surface area contributed by atoms with Crippen LogP contribution in [0.3, 0.4) is 0 Å². The number of aliphatic carboxylic acids is 1. The molecule has 0 bridgehead atoms. The Bertz CT molecular complexity index is 227. The van der Waals surface area contributed by atoms with Crippen molar-refractivity contribution in [3.05, 3.63) is 12.7 Å². The van der Waals surface area contributed by atoms with Crippen molar-refractivity contribution in [2.45, 2.75) is 19.8 Å². The van der Waals surface area contributed by atoms with E-state index >= 15 is 0 Å². The summed E-state index contributed by atoms with van der Waals surface area (Å²) in [5.74, 6) is -0.856. The summed E-state index contributed by atoms with van der Waals surface area (Å²) in [4.78, 5) is 23.0. The zero-order chi connectivity index (χ0) is 11.7. The van der Waals surface area contributed by atoms with Crippen LogP contribution in [0.2, 0.25) is 0 Å². The van der Waals surface area contributed by atoms with Gasteiger partial charge in [0.2, 0.25) is 0 Å². The molecule has 0 saturated carbocycles. The van der Waals surface area contributed by atoms with E-state index in [9.17, 15) is 9.59 Å². The zero-order valence-electron chi connectivity index (χ0n) is 8.94. The van der Waals surface area contributed by atoms with Crippen molar-refractivity contribution >= 4 is 12.1 Å². The molecule has 0 unspecified atom stereocenters. The van der Waals surface area contributed by atoms with Crippen LogP contribution in [0.4, 0.5) is 4.79 Å². The first-order chi connectivity index (χ1) is 7.11. The fraction of sp³-hybridized carbons (Fsp3) is 0.600. The lowest BCUT2D eigenvalue weighted by Gasteiger charge is -2.19. The molecule has 0 radical (unpaired) electrons. The summed E-state index contributed by atoms with van der Waals surface area (Å²) >= 11 is 0. The van der Waals surface area contributed by atoms with Gasteiger partial charge in [0.05, 0.1) is 0 Å². The third-order valence-electron chi connectivity index (χ3n) is 1.78. The van der Waals surface area contributed by atoms with Crippen LogP contribution in [0.1, 0.15) is 19.8 Å². The summed E-state index contributed by atoms with van der Waals surface area (Å²) in [6.45, 7) is 6.33. The van der Waals surface area contributed by atoms with Crippen molar-refractivity contribution < 1.29 is 19.4 Å². The predicted octanol–water partition coefficient (Wildman–Crippen LogP) is 1.50. The van der Waals surface area contributed by atoms with Gasteiger partial charge in [0.15, 0.2) is 0 Å². The van der Waals surface area contributed by atoms with Crippen molar-refractivity contribution in [2.75, 3.05) is 19.7 Å². The molecule has 0 fully saturated rings. The molecule has 0 rings (SSSR count). The fourth-order valence-corrected chi connectivity index (χ4v) is 1.02. The Kier molecular flexibility index (Phi) is 7.05. The number of nitrogens with zero attached hydrogens (tertiary/aromatic N) is 1. The van der Waals surface area contributed by atoms with E-state index in [0.717, 1.165) is 0 Å². The number of hydrogen-bond acceptors (Lipinski definition) is 3. The van der Waals surface area contributed by atoms with Gasteiger partial charge in [-0.25, -0.2) is 4.79 Å². The predicted molar refractivity (Wildman–Crippen MR) is 55.7 cm³/mol. The molecule has 5 nitrogen and oxygen atoms in total. The summed E-state index contributed by atoms with van der Waals surface area (Å²) in [5.41, 5.74) is 0. The van der Waals surface area contributed by atoms with Gasteiger partial charge in [-0.1, -0.05) is 12.7 Å². The molecule has 15 heavy (non-hydrogen) atoms. The van der Waals surface area contributed by atoms with Crippen LogP contribution in [0, 0.1) is 0 Å². The number of amides is 1. The maximum absolute atomic E-state index is 11.3. The summed E-state index contributed by atoms with van der Waals surface area (Å²) in [5, 5.41) is 8.43. The smallest absolute Gasteiger partial charge is 0.410 e. The first kappa shape index (κ1) is 13.5. The second-order valence-electron chi connectivity index (χ2n) is 2.94. The maximum Gasteiger partial charge on any atom is 0.410 e. The van der Waals surface area contributed by atoms with Crippen LogP contribution >= 0.6 is 0 Å². The van der Waals surface area contributed by atoms with Crippen LogP contribution in [-0.2, 0) is 9.53 Å². The molecular weight excluding hydrogens is 198 g/mol. The average Bonchev–Trinajstić information content (AvgIpc) is 2.20. The van der Waals surface area contributed by atoms with E-state index in [2.05, 4.69) is 6.58 Å². The van der Waals surface area contributed by atoms with Crippen molar-refractivity contribution in [1.82, 2.24) is 4.90 Å². The van der Waals surface area contributed by atoms with Gasteiger partial charge in [0.1, 0.15) is 6.61 Å². The van der Waals surface area contributed by atoms with Crippen molar-refractivity contribution in [3.8, 4) is 0 Å². The Morgan fingerprint density at radius 3 is 2.67 bits per heavy atom. The highest BCUT2D eigenvalue weighted by Crippen LogP contribution is 1.98. The summed E-state index contributed by atoms with van der Waals surface area (Å²) in [7, 11) is 0. The zero-order valence-corrected chi connectivity index (χ0v) is 8.94. The molecule has 1 N–H and O–H groups in total. The normalized spacial score (nSPS) is 9.40. The van der Waals surface area contributed by atoms with Gasteiger partial charge in [-0.3, -0.25) is 4.79 Å². The topological polar surface area (TPSA) is 66.8 Å². The molecule has 86 valence electrons. The number of carbonyl (C=O) groups is 2. The molecule has 0 aromatic rings. The number of carbonyl (C=O) groups excluding carboxylic acids is 1. The maximum atomic E-state index is 11.3. The molecule has 0 aromatic carbocycles. The van der Waals surface area contributed by atoms with Gasteiger partial charge in [-0.2, -0.15) is 0 Å². The van der Waals surface area contributed by atoms with E-state index in [-0.39, 0.29) is 13.0 Å². The van der Waals surface area contributed by atoms with Crippen molar-refractivity contribution in [1.29, 1.82) is 0 Å². The third kappa shape index (κ3) is 6.54. The molecule has 0 aliphatic heterocycles.